The van der Waals surface area contributed by atoms with Crippen molar-refractivity contribution in [2.24, 2.45) is 5.41 Å². The van der Waals surface area contributed by atoms with E-state index in [1.807, 2.05) is 0 Å². The third kappa shape index (κ3) is 5.64. The molecule has 1 aliphatic carbocycles. The first-order valence-corrected chi connectivity index (χ1v) is 11.2. The first kappa shape index (κ1) is 22.8. The van der Waals surface area contributed by atoms with Crippen molar-refractivity contribution in [3.63, 3.8) is 0 Å². The van der Waals surface area contributed by atoms with E-state index in [4.69, 9.17) is 4.74 Å². The summed E-state index contributed by atoms with van der Waals surface area (Å²) in [4.78, 5) is 11.5. The van der Waals surface area contributed by atoms with Gasteiger partial charge in [0.1, 0.15) is 11.4 Å². The molecule has 3 N–H and O–H groups in total. The third-order valence-corrected chi connectivity index (χ3v) is 6.20. The van der Waals surface area contributed by atoms with Gasteiger partial charge in [-0.15, -0.1) is 6.58 Å². The van der Waals surface area contributed by atoms with Gasteiger partial charge in [-0.1, -0.05) is 39.0 Å². The highest BCUT2D eigenvalue weighted by molar-refractivity contribution is 5.73. The van der Waals surface area contributed by atoms with Crippen LogP contribution in [0.5, 0.6) is 5.75 Å². The van der Waals surface area contributed by atoms with Crippen molar-refractivity contribution in [1.29, 1.82) is 0 Å². The summed E-state index contributed by atoms with van der Waals surface area (Å²) in [6.07, 6.45) is 6.87. The molecule has 1 aromatic rings. The van der Waals surface area contributed by atoms with Gasteiger partial charge in [0, 0.05) is 31.5 Å². The van der Waals surface area contributed by atoms with Crippen molar-refractivity contribution in [1.82, 2.24) is 10.6 Å². The number of hydrogen-bond acceptors (Lipinski definition) is 4. The monoisotopic (exact) mass is 414 g/mol. The van der Waals surface area contributed by atoms with Crippen LogP contribution in [0.2, 0.25) is 0 Å². The fourth-order valence-corrected chi connectivity index (χ4v) is 4.66. The second-order valence-electron chi connectivity index (χ2n) is 10.3. The van der Waals surface area contributed by atoms with Gasteiger partial charge in [0.25, 0.3) is 0 Å². The highest BCUT2D eigenvalue weighted by Gasteiger charge is 2.45. The minimum absolute atomic E-state index is 0.0701. The Labute approximate surface area is 181 Å². The molecule has 166 valence electrons. The Morgan fingerprint density at radius 2 is 2.13 bits per heavy atom. The van der Waals surface area contributed by atoms with Gasteiger partial charge in [-0.05, 0) is 49.1 Å². The van der Waals surface area contributed by atoms with E-state index in [0.717, 1.165) is 31.4 Å². The van der Waals surface area contributed by atoms with Gasteiger partial charge >= 0.3 is 0 Å². The molecule has 5 nitrogen and oxygen atoms in total. The van der Waals surface area contributed by atoms with Crippen LogP contribution in [0.4, 0.5) is 0 Å². The molecule has 1 fully saturated rings. The van der Waals surface area contributed by atoms with Crippen LogP contribution in [0.3, 0.4) is 0 Å². The van der Waals surface area contributed by atoms with Gasteiger partial charge in [0.05, 0.1) is 12.1 Å². The molecule has 0 unspecified atom stereocenters. The second-order valence-corrected chi connectivity index (χ2v) is 10.3. The molecule has 1 saturated carbocycles. The van der Waals surface area contributed by atoms with Crippen molar-refractivity contribution in [2.75, 3.05) is 6.54 Å². The van der Waals surface area contributed by atoms with Crippen molar-refractivity contribution < 1.29 is 14.6 Å². The van der Waals surface area contributed by atoms with Crippen LogP contribution in [0.15, 0.2) is 30.9 Å². The van der Waals surface area contributed by atoms with Crippen LogP contribution in [0.1, 0.15) is 77.0 Å². The molecule has 1 amide bonds. The summed E-state index contributed by atoms with van der Waals surface area (Å²) in [6, 6.07) is 6.37. The van der Waals surface area contributed by atoms with Crippen molar-refractivity contribution in [3.05, 3.63) is 42.0 Å². The number of carbonyl (C=O) groups is 1. The van der Waals surface area contributed by atoms with Crippen molar-refractivity contribution in [2.45, 2.75) is 90.0 Å². The molecule has 30 heavy (non-hydrogen) atoms. The van der Waals surface area contributed by atoms with E-state index in [-0.39, 0.29) is 29.0 Å². The molecular weight excluding hydrogens is 376 g/mol. The van der Waals surface area contributed by atoms with Crippen LogP contribution < -0.4 is 15.4 Å². The molecular formula is C25H38N2O3. The summed E-state index contributed by atoms with van der Waals surface area (Å²) < 4.78 is 6.44. The third-order valence-electron chi connectivity index (χ3n) is 6.20. The Bertz CT molecular complexity index is 764. The molecule has 0 saturated heterocycles. The molecule has 3 rings (SSSR count). The van der Waals surface area contributed by atoms with Gasteiger partial charge in [0.15, 0.2) is 0 Å². The Hall–Kier alpha value is -1.85. The Morgan fingerprint density at radius 3 is 2.70 bits per heavy atom. The molecule has 1 aromatic carbocycles. The van der Waals surface area contributed by atoms with E-state index in [0.29, 0.717) is 13.0 Å². The van der Waals surface area contributed by atoms with Crippen molar-refractivity contribution >= 4 is 5.91 Å². The number of fused-ring (bicyclic) bond motifs is 1. The predicted molar refractivity (Wildman–Crippen MR) is 121 cm³/mol. The summed E-state index contributed by atoms with van der Waals surface area (Å²) in [5, 5.41) is 17.1. The zero-order valence-corrected chi connectivity index (χ0v) is 19.0. The molecule has 0 aromatic heterocycles. The van der Waals surface area contributed by atoms with Crippen LogP contribution in [-0.2, 0) is 11.2 Å². The molecule has 0 bridgehead atoms. The SMILES string of the molecule is C=CC[C@H](NC(C)=O)[C@H](O)CN[C@H]1CC2(CCC2)Oc2ccc(CC(C)(C)C)cc21. The number of aliphatic hydroxyl groups is 1. The number of nitrogens with one attached hydrogen (secondary N) is 2. The van der Waals surface area contributed by atoms with E-state index in [2.05, 4.69) is 56.2 Å². The highest BCUT2D eigenvalue weighted by atomic mass is 16.5. The second kappa shape index (κ2) is 9.11. The Morgan fingerprint density at radius 1 is 1.40 bits per heavy atom. The number of amides is 1. The Kier molecular flexibility index (Phi) is 6.93. The summed E-state index contributed by atoms with van der Waals surface area (Å²) in [7, 11) is 0. The lowest BCUT2D eigenvalue weighted by molar-refractivity contribution is -0.120. The number of hydrogen-bond donors (Lipinski definition) is 3. The quantitative estimate of drug-likeness (QED) is 0.561. The van der Waals surface area contributed by atoms with Crippen LogP contribution in [0.25, 0.3) is 0 Å². The molecule has 0 radical (unpaired) electrons. The maximum atomic E-state index is 11.5. The number of ether oxygens (including phenoxy) is 1. The maximum absolute atomic E-state index is 11.5. The summed E-state index contributed by atoms with van der Waals surface area (Å²) in [5.41, 5.74) is 2.64. The number of carbonyl (C=O) groups excluding carboxylic acids is 1. The predicted octanol–water partition coefficient (Wildman–Crippen LogP) is 4.05. The molecule has 2 aliphatic rings. The van der Waals surface area contributed by atoms with E-state index >= 15 is 0 Å². The number of benzene rings is 1. The Balaban J connectivity index is 1.76. The summed E-state index contributed by atoms with van der Waals surface area (Å²) in [5.74, 6) is 0.827. The largest absolute Gasteiger partial charge is 0.487 e. The fourth-order valence-electron chi connectivity index (χ4n) is 4.66. The average Bonchev–Trinajstić information content (AvgIpc) is 2.62. The van der Waals surface area contributed by atoms with Crippen LogP contribution >= 0.6 is 0 Å². The topological polar surface area (TPSA) is 70.6 Å². The van der Waals surface area contributed by atoms with Gasteiger partial charge in [-0.25, -0.2) is 0 Å². The molecule has 5 heteroatoms. The zero-order valence-electron chi connectivity index (χ0n) is 19.0. The molecule has 3 atom stereocenters. The van der Waals surface area contributed by atoms with Crippen LogP contribution in [0, 0.1) is 5.41 Å². The smallest absolute Gasteiger partial charge is 0.217 e. The fraction of sp³-hybridized carbons (Fsp3) is 0.640. The van der Waals surface area contributed by atoms with Gasteiger partial charge in [-0.3, -0.25) is 4.79 Å². The maximum Gasteiger partial charge on any atom is 0.217 e. The van der Waals surface area contributed by atoms with E-state index in [1.165, 1.54) is 24.5 Å². The van der Waals surface area contributed by atoms with Crippen molar-refractivity contribution in [3.8, 4) is 5.75 Å². The summed E-state index contributed by atoms with van der Waals surface area (Å²) >= 11 is 0. The lowest BCUT2D eigenvalue weighted by Crippen LogP contribution is -2.51. The first-order chi connectivity index (χ1) is 14.1. The lowest BCUT2D eigenvalue weighted by atomic mass is 9.72. The minimum atomic E-state index is -0.687. The summed E-state index contributed by atoms with van der Waals surface area (Å²) in [6.45, 7) is 12.4. The molecule has 1 spiro atoms. The van der Waals surface area contributed by atoms with E-state index in [1.54, 1.807) is 6.08 Å². The van der Waals surface area contributed by atoms with Gasteiger partial charge in [-0.2, -0.15) is 0 Å². The zero-order chi connectivity index (χ0) is 21.9. The number of aliphatic hydroxyl groups excluding tert-OH is 1. The molecule has 1 heterocycles. The standard InChI is InChI=1S/C25H38N2O3/c1-6-8-20(27-17(2)28)22(29)16-26-21-15-25(11-7-12-25)30-23-10-9-18(13-19(21)23)14-24(3,4)5/h6,9-10,13,20-22,26,29H,1,7-8,11-12,14-16H2,2-5H3,(H,27,28)/t20-,21-,22+/m0/s1. The number of rotatable bonds is 8. The van der Waals surface area contributed by atoms with Crippen LogP contribution in [-0.4, -0.2) is 35.3 Å². The van der Waals surface area contributed by atoms with E-state index < -0.39 is 6.10 Å². The van der Waals surface area contributed by atoms with Gasteiger partial charge < -0.3 is 20.5 Å². The first-order valence-electron chi connectivity index (χ1n) is 11.2. The molecule has 1 aliphatic heterocycles. The normalized spacial score (nSPS) is 21.7. The average molecular weight is 415 g/mol. The highest BCUT2D eigenvalue weighted by Crippen LogP contribution is 2.49. The van der Waals surface area contributed by atoms with E-state index in [9.17, 15) is 9.90 Å². The lowest BCUT2D eigenvalue weighted by Gasteiger charge is -2.48. The minimum Gasteiger partial charge on any atom is -0.487 e. The van der Waals surface area contributed by atoms with Gasteiger partial charge in [0.2, 0.25) is 5.91 Å².